The average Bonchev–Trinajstić information content (AvgIpc) is 2.96. The number of nitrogens with one attached hydrogen (secondary N) is 1. The number of esters is 1. The first-order valence-corrected chi connectivity index (χ1v) is 9.44. The van der Waals surface area contributed by atoms with Crippen molar-refractivity contribution >= 4 is 41.0 Å². The van der Waals surface area contributed by atoms with Gasteiger partial charge in [0.15, 0.2) is 6.61 Å². The predicted molar refractivity (Wildman–Crippen MR) is 107 cm³/mol. The van der Waals surface area contributed by atoms with Crippen LogP contribution in [0.4, 0.5) is 5.69 Å². The van der Waals surface area contributed by atoms with E-state index in [0.717, 1.165) is 11.3 Å². The lowest BCUT2D eigenvalue weighted by Gasteiger charge is -2.13. The molecule has 2 aromatic carbocycles. The number of amides is 3. The number of ether oxygens (including phenoxy) is 1. The lowest BCUT2D eigenvalue weighted by atomic mass is 10.1. The van der Waals surface area contributed by atoms with E-state index < -0.39 is 30.3 Å². The summed E-state index contributed by atoms with van der Waals surface area (Å²) in [5.41, 5.74) is 0.755. The number of carbonyl (C=O) groups excluding carboxylic acids is 4. The SMILES string of the molecule is CC[C@@H](C)NC(=O)COC(=O)c1ccc2c(c1)C(=O)N(c1ccc(Cl)cc1)C2=O. The van der Waals surface area contributed by atoms with Gasteiger partial charge in [0.1, 0.15) is 0 Å². The minimum Gasteiger partial charge on any atom is -0.452 e. The molecule has 0 saturated carbocycles. The molecular weight excluding hydrogens is 396 g/mol. The summed E-state index contributed by atoms with van der Waals surface area (Å²) in [6.45, 7) is 3.34. The van der Waals surface area contributed by atoms with Gasteiger partial charge >= 0.3 is 5.97 Å². The molecule has 29 heavy (non-hydrogen) atoms. The predicted octanol–water partition coefficient (Wildman–Crippen LogP) is 3.21. The highest BCUT2D eigenvalue weighted by atomic mass is 35.5. The van der Waals surface area contributed by atoms with E-state index in [-0.39, 0.29) is 22.7 Å². The normalized spacial score (nSPS) is 13.8. The number of carbonyl (C=O) groups is 4. The van der Waals surface area contributed by atoms with Crippen molar-refractivity contribution in [1.29, 1.82) is 0 Å². The molecule has 3 rings (SSSR count). The molecule has 0 aromatic heterocycles. The summed E-state index contributed by atoms with van der Waals surface area (Å²) in [5.74, 6) is -2.19. The maximum Gasteiger partial charge on any atom is 0.338 e. The van der Waals surface area contributed by atoms with Crippen molar-refractivity contribution in [2.45, 2.75) is 26.3 Å². The lowest BCUT2D eigenvalue weighted by molar-refractivity contribution is -0.124. The van der Waals surface area contributed by atoms with Gasteiger partial charge in [-0.15, -0.1) is 0 Å². The van der Waals surface area contributed by atoms with E-state index in [0.29, 0.717) is 10.7 Å². The fraction of sp³-hybridized carbons (Fsp3) is 0.238. The van der Waals surface area contributed by atoms with Gasteiger partial charge in [-0.3, -0.25) is 14.4 Å². The van der Waals surface area contributed by atoms with Crippen LogP contribution in [0, 0.1) is 0 Å². The minimum atomic E-state index is -0.753. The maximum atomic E-state index is 12.7. The van der Waals surface area contributed by atoms with E-state index in [1.165, 1.54) is 18.2 Å². The third-order valence-corrected chi connectivity index (χ3v) is 4.81. The van der Waals surface area contributed by atoms with Gasteiger partial charge in [-0.1, -0.05) is 18.5 Å². The Morgan fingerprint density at radius 3 is 2.38 bits per heavy atom. The van der Waals surface area contributed by atoms with Crippen molar-refractivity contribution in [3.63, 3.8) is 0 Å². The van der Waals surface area contributed by atoms with E-state index in [9.17, 15) is 19.2 Å². The standard InChI is InChI=1S/C21H19ClN2O5/c1-3-12(2)23-18(25)11-29-21(28)13-4-9-16-17(10-13)20(27)24(19(16)26)15-7-5-14(22)6-8-15/h4-10,12H,3,11H2,1-2H3,(H,23,25)/t12-/m1/s1. The molecule has 150 valence electrons. The number of hydrogen-bond donors (Lipinski definition) is 1. The highest BCUT2D eigenvalue weighted by molar-refractivity contribution is 6.35. The first-order valence-electron chi connectivity index (χ1n) is 9.06. The fourth-order valence-electron chi connectivity index (χ4n) is 2.83. The second kappa shape index (κ2) is 8.45. The molecule has 8 heteroatoms. The van der Waals surface area contributed by atoms with Crippen molar-refractivity contribution in [3.05, 3.63) is 64.2 Å². The van der Waals surface area contributed by atoms with Crippen LogP contribution in [-0.4, -0.2) is 36.3 Å². The fourth-order valence-corrected chi connectivity index (χ4v) is 2.95. The molecule has 1 atom stereocenters. The molecule has 0 saturated heterocycles. The molecule has 0 spiro atoms. The molecule has 0 fully saturated rings. The Hall–Kier alpha value is -3.19. The summed E-state index contributed by atoms with van der Waals surface area (Å²) in [5, 5.41) is 3.17. The second-order valence-corrected chi connectivity index (χ2v) is 7.07. The summed E-state index contributed by atoms with van der Waals surface area (Å²) >= 11 is 5.86. The van der Waals surface area contributed by atoms with Crippen LogP contribution >= 0.6 is 11.6 Å². The van der Waals surface area contributed by atoms with Crippen molar-refractivity contribution < 1.29 is 23.9 Å². The smallest absolute Gasteiger partial charge is 0.338 e. The van der Waals surface area contributed by atoms with Crippen LogP contribution in [0.25, 0.3) is 0 Å². The van der Waals surface area contributed by atoms with Gasteiger partial charge in [-0.05, 0) is 55.8 Å². The van der Waals surface area contributed by atoms with Crippen molar-refractivity contribution in [1.82, 2.24) is 5.32 Å². The van der Waals surface area contributed by atoms with Crippen molar-refractivity contribution in [3.8, 4) is 0 Å². The third-order valence-electron chi connectivity index (χ3n) is 4.56. The van der Waals surface area contributed by atoms with Gasteiger partial charge in [0, 0.05) is 11.1 Å². The van der Waals surface area contributed by atoms with Crippen LogP contribution in [-0.2, 0) is 9.53 Å². The number of imide groups is 1. The van der Waals surface area contributed by atoms with Crippen LogP contribution in [0.5, 0.6) is 0 Å². The van der Waals surface area contributed by atoms with Gasteiger partial charge < -0.3 is 10.1 Å². The molecule has 1 aliphatic heterocycles. The largest absolute Gasteiger partial charge is 0.452 e. The quantitative estimate of drug-likeness (QED) is 0.578. The monoisotopic (exact) mass is 414 g/mol. The minimum absolute atomic E-state index is 0.0244. The summed E-state index contributed by atoms with van der Waals surface area (Å²) < 4.78 is 5.01. The number of anilines is 1. The highest BCUT2D eigenvalue weighted by Gasteiger charge is 2.37. The number of benzene rings is 2. The highest BCUT2D eigenvalue weighted by Crippen LogP contribution is 2.30. The van der Waals surface area contributed by atoms with Gasteiger partial charge in [0.2, 0.25) is 0 Å². The summed E-state index contributed by atoms with van der Waals surface area (Å²) in [7, 11) is 0. The molecule has 1 N–H and O–H groups in total. The van der Waals surface area contributed by atoms with E-state index in [1.807, 2.05) is 13.8 Å². The number of hydrogen-bond acceptors (Lipinski definition) is 5. The first kappa shape index (κ1) is 20.5. The second-order valence-electron chi connectivity index (χ2n) is 6.64. The number of rotatable bonds is 6. The molecule has 1 aliphatic rings. The Morgan fingerprint density at radius 2 is 1.72 bits per heavy atom. The zero-order valence-corrected chi connectivity index (χ0v) is 16.7. The molecule has 3 amide bonds. The van der Waals surface area contributed by atoms with Crippen LogP contribution in [0.3, 0.4) is 0 Å². The summed E-state index contributed by atoms with van der Waals surface area (Å²) in [6, 6.07) is 10.4. The Kier molecular flexibility index (Phi) is 5.98. The van der Waals surface area contributed by atoms with Crippen LogP contribution in [0.2, 0.25) is 5.02 Å². The first-order chi connectivity index (χ1) is 13.8. The lowest BCUT2D eigenvalue weighted by Crippen LogP contribution is -2.35. The number of fused-ring (bicyclic) bond motifs is 1. The van der Waals surface area contributed by atoms with E-state index in [4.69, 9.17) is 16.3 Å². The molecule has 0 unspecified atom stereocenters. The topological polar surface area (TPSA) is 92.8 Å². The molecule has 1 heterocycles. The van der Waals surface area contributed by atoms with E-state index >= 15 is 0 Å². The number of nitrogens with zero attached hydrogens (tertiary/aromatic N) is 1. The Bertz CT molecular complexity index is 987. The molecule has 0 radical (unpaired) electrons. The zero-order chi connectivity index (χ0) is 21.1. The molecule has 0 bridgehead atoms. The van der Waals surface area contributed by atoms with Gasteiger partial charge in [0.25, 0.3) is 17.7 Å². The Morgan fingerprint density at radius 1 is 1.07 bits per heavy atom. The maximum absolute atomic E-state index is 12.7. The Balaban J connectivity index is 1.75. The van der Waals surface area contributed by atoms with Crippen molar-refractivity contribution in [2.24, 2.45) is 0 Å². The van der Waals surface area contributed by atoms with E-state index in [2.05, 4.69) is 5.32 Å². The zero-order valence-electron chi connectivity index (χ0n) is 15.9. The average molecular weight is 415 g/mol. The number of halogens is 1. The van der Waals surface area contributed by atoms with Gasteiger partial charge in [-0.25, -0.2) is 9.69 Å². The van der Waals surface area contributed by atoms with Crippen LogP contribution in [0.15, 0.2) is 42.5 Å². The summed E-state index contributed by atoms with van der Waals surface area (Å²) in [4.78, 5) is 50.4. The molecule has 0 aliphatic carbocycles. The van der Waals surface area contributed by atoms with Gasteiger partial charge in [-0.2, -0.15) is 0 Å². The third kappa shape index (κ3) is 4.30. The van der Waals surface area contributed by atoms with Crippen molar-refractivity contribution in [2.75, 3.05) is 11.5 Å². The molecule has 7 nitrogen and oxygen atoms in total. The molecule has 2 aromatic rings. The van der Waals surface area contributed by atoms with E-state index in [1.54, 1.807) is 24.3 Å². The van der Waals surface area contributed by atoms with Crippen LogP contribution in [0.1, 0.15) is 51.3 Å². The van der Waals surface area contributed by atoms with Gasteiger partial charge in [0.05, 0.1) is 22.4 Å². The summed E-state index contributed by atoms with van der Waals surface area (Å²) in [6.07, 6.45) is 0.755. The Labute approximate surface area is 172 Å². The molecular formula is C21H19ClN2O5. The van der Waals surface area contributed by atoms with Crippen LogP contribution < -0.4 is 10.2 Å².